The minimum absolute atomic E-state index is 1.00. The fourth-order valence-electron chi connectivity index (χ4n) is 9.21. The number of benzene rings is 10. The zero-order valence-corrected chi connectivity index (χ0v) is 33.0. The predicted octanol–water partition coefficient (Wildman–Crippen LogP) is 16.2. The first-order chi connectivity index (χ1) is 29.8. The summed E-state index contributed by atoms with van der Waals surface area (Å²) in [7, 11) is 0. The van der Waals surface area contributed by atoms with E-state index in [1.54, 1.807) is 0 Å². The Bertz CT molecular complexity index is 3230. The number of aromatic nitrogens is 1. The molecule has 0 spiro atoms. The van der Waals surface area contributed by atoms with Crippen molar-refractivity contribution in [3.05, 3.63) is 237 Å². The summed E-state index contributed by atoms with van der Waals surface area (Å²) in [5.41, 5.74) is 17.8. The van der Waals surface area contributed by atoms with Crippen LogP contribution in [0, 0.1) is 0 Å². The molecular formula is C59H39N. The Kier molecular flexibility index (Phi) is 8.91. The lowest BCUT2D eigenvalue weighted by atomic mass is 9.82. The Morgan fingerprint density at radius 2 is 0.600 bits per heavy atom. The van der Waals surface area contributed by atoms with Crippen molar-refractivity contribution < 1.29 is 0 Å². The van der Waals surface area contributed by atoms with Crippen molar-refractivity contribution in [2.24, 2.45) is 0 Å². The highest BCUT2D eigenvalue weighted by Gasteiger charge is 2.21. The zero-order valence-electron chi connectivity index (χ0n) is 33.0. The summed E-state index contributed by atoms with van der Waals surface area (Å²) in [4.78, 5) is 4.65. The number of rotatable bonds is 7. The molecule has 11 rings (SSSR count). The van der Waals surface area contributed by atoms with E-state index in [0.717, 1.165) is 10.9 Å². The SMILES string of the molecule is c1ccc(-c2cc(-c3ccccc3)c(-c3cccc(-c4c5ccccc5c(-c5cccc(-c6ccnc7ccccc67)c5)c5ccccc45)c3)c(-c3ccccc3)c2)cc1. The molecule has 1 heteroatoms. The molecule has 1 aromatic heterocycles. The second-order valence-electron chi connectivity index (χ2n) is 15.4. The second-order valence-corrected chi connectivity index (χ2v) is 15.4. The van der Waals surface area contributed by atoms with Gasteiger partial charge in [-0.05, 0) is 136 Å². The summed E-state index contributed by atoms with van der Waals surface area (Å²) in [6, 6.07) is 83.9. The van der Waals surface area contributed by atoms with Crippen LogP contribution in [0.4, 0.5) is 0 Å². The highest BCUT2D eigenvalue weighted by Crippen LogP contribution is 2.47. The van der Waals surface area contributed by atoms with Crippen LogP contribution in [0.3, 0.4) is 0 Å². The normalized spacial score (nSPS) is 11.3. The van der Waals surface area contributed by atoms with Crippen LogP contribution in [0.5, 0.6) is 0 Å². The van der Waals surface area contributed by atoms with E-state index in [0.29, 0.717) is 0 Å². The molecule has 0 N–H and O–H groups in total. The maximum Gasteiger partial charge on any atom is 0.0708 e. The standard InChI is InChI=1S/C59H39N/c1-4-18-40(19-5-1)47-38-54(41-20-6-2-7-21-41)59(55(39-47)42-22-8-3-9-23-42)46-27-17-26-45(37-46)58-52-31-12-10-29-50(52)57(51-30-11-13-32-53(51)58)44-25-16-24-43(36-44)48-34-35-60-56-33-15-14-28-49(48)56/h1-39H. The predicted molar refractivity (Wildman–Crippen MR) is 255 cm³/mol. The van der Waals surface area contributed by atoms with Gasteiger partial charge in [-0.1, -0.05) is 194 Å². The number of pyridine rings is 1. The van der Waals surface area contributed by atoms with Crippen LogP contribution in [-0.4, -0.2) is 4.98 Å². The van der Waals surface area contributed by atoms with E-state index >= 15 is 0 Å². The Morgan fingerprint density at radius 3 is 1.12 bits per heavy atom. The molecule has 0 saturated heterocycles. The van der Waals surface area contributed by atoms with Crippen LogP contribution in [0.2, 0.25) is 0 Å². The fourth-order valence-corrected chi connectivity index (χ4v) is 9.21. The van der Waals surface area contributed by atoms with Gasteiger partial charge in [-0.2, -0.15) is 0 Å². The van der Waals surface area contributed by atoms with Crippen LogP contribution in [0.1, 0.15) is 0 Å². The Hall–Kier alpha value is -7.87. The van der Waals surface area contributed by atoms with E-state index in [-0.39, 0.29) is 0 Å². The summed E-state index contributed by atoms with van der Waals surface area (Å²) in [6.07, 6.45) is 1.92. The smallest absolute Gasteiger partial charge is 0.0708 e. The second kappa shape index (κ2) is 15.1. The molecule has 0 radical (unpaired) electrons. The number of hydrogen-bond donors (Lipinski definition) is 0. The highest BCUT2D eigenvalue weighted by molar-refractivity contribution is 6.21. The molecule has 10 aromatic carbocycles. The molecule has 0 atom stereocenters. The van der Waals surface area contributed by atoms with Gasteiger partial charge in [0.15, 0.2) is 0 Å². The Morgan fingerprint density at radius 1 is 0.217 bits per heavy atom. The summed E-state index contributed by atoms with van der Waals surface area (Å²) >= 11 is 0. The van der Waals surface area contributed by atoms with E-state index < -0.39 is 0 Å². The van der Waals surface area contributed by atoms with E-state index in [4.69, 9.17) is 0 Å². The Labute approximate surface area is 350 Å². The molecule has 0 unspecified atom stereocenters. The minimum atomic E-state index is 1.00. The molecule has 1 heterocycles. The van der Waals surface area contributed by atoms with Gasteiger partial charge in [-0.3, -0.25) is 4.98 Å². The van der Waals surface area contributed by atoms with Crippen LogP contribution >= 0.6 is 0 Å². The third-order valence-electron chi connectivity index (χ3n) is 11.9. The van der Waals surface area contributed by atoms with Gasteiger partial charge < -0.3 is 0 Å². The summed E-state index contributed by atoms with van der Waals surface area (Å²) in [6.45, 7) is 0. The van der Waals surface area contributed by atoms with Gasteiger partial charge in [0, 0.05) is 11.6 Å². The third-order valence-corrected chi connectivity index (χ3v) is 11.9. The number of hydrogen-bond acceptors (Lipinski definition) is 1. The van der Waals surface area contributed by atoms with Gasteiger partial charge in [0.05, 0.1) is 5.52 Å². The maximum absolute atomic E-state index is 4.65. The molecule has 0 aliphatic carbocycles. The molecule has 0 amide bonds. The fraction of sp³-hybridized carbons (Fsp3) is 0. The summed E-state index contributed by atoms with van der Waals surface area (Å²) in [5.74, 6) is 0. The molecule has 0 aliphatic rings. The van der Waals surface area contributed by atoms with Crippen molar-refractivity contribution in [1.82, 2.24) is 4.98 Å². The Balaban J connectivity index is 1.14. The molecule has 0 aliphatic heterocycles. The van der Waals surface area contributed by atoms with E-state index in [9.17, 15) is 0 Å². The molecule has 0 fully saturated rings. The average Bonchev–Trinajstić information content (AvgIpc) is 3.33. The first kappa shape index (κ1) is 35.3. The van der Waals surface area contributed by atoms with Gasteiger partial charge in [0.25, 0.3) is 0 Å². The third kappa shape index (κ3) is 6.25. The molecular weight excluding hydrogens is 723 g/mol. The molecule has 1 nitrogen and oxygen atoms in total. The van der Waals surface area contributed by atoms with E-state index in [1.807, 2.05) is 6.20 Å². The minimum Gasteiger partial charge on any atom is -0.256 e. The topological polar surface area (TPSA) is 12.9 Å². The largest absolute Gasteiger partial charge is 0.256 e. The lowest BCUT2D eigenvalue weighted by Gasteiger charge is -2.21. The van der Waals surface area contributed by atoms with Crippen molar-refractivity contribution in [2.75, 3.05) is 0 Å². The molecule has 11 aromatic rings. The van der Waals surface area contributed by atoms with E-state index in [2.05, 4.69) is 236 Å². The number of nitrogens with zero attached hydrogens (tertiary/aromatic N) is 1. The van der Waals surface area contributed by atoms with Crippen molar-refractivity contribution in [1.29, 1.82) is 0 Å². The van der Waals surface area contributed by atoms with Gasteiger partial charge in [-0.25, -0.2) is 0 Å². The summed E-state index contributed by atoms with van der Waals surface area (Å²) in [5, 5.41) is 6.08. The summed E-state index contributed by atoms with van der Waals surface area (Å²) < 4.78 is 0. The van der Waals surface area contributed by atoms with Crippen LogP contribution in [0.25, 0.3) is 110 Å². The van der Waals surface area contributed by atoms with Gasteiger partial charge in [0.2, 0.25) is 0 Å². The highest BCUT2D eigenvalue weighted by atomic mass is 14.6. The van der Waals surface area contributed by atoms with Gasteiger partial charge in [0.1, 0.15) is 0 Å². The average molecular weight is 762 g/mol. The van der Waals surface area contributed by atoms with Gasteiger partial charge >= 0.3 is 0 Å². The molecule has 0 saturated carbocycles. The maximum atomic E-state index is 4.65. The van der Waals surface area contributed by atoms with E-state index in [1.165, 1.54) is 99.4 Å². The van der Waals surface area contributed by atoms with Crippen LogP contribution in [0.15, 0.2) is 237 Å². The molecule has 0 bridgehead atoms. The zero-order chi connectivity index (χ0) is 39.8. The van der Waals surface area contributed by atoms with Crippen molar-refractivity contribution in [3.8, 4) is 77.9 Å². The number of para-hydroxylation sites is 1. The molecule has 280 valence electrons. The van der Waals surface area contributed by atoms with Crippen LogP contribution in [-0.2, 0) is 0 Å². The lowest BCUT2D eigenvalue weighted by molar-refractivity contribution is 1.41. The van der Waals surface area contributed by atoms with Crippen molar-refractivity contribution >= 4 is 32.4 Å². The van der Waals surface area contributed by atoms with Crippen molar-refractivity contribution in [2.45, 2.75) is 0 Å². The quantitative estimate of drug-likeness (QED) is 0.147. The first-order valence-corrected chi connectivity index (χ1v) is 20.6. The monoisotopic (exact) mass is 761 g/mol. The van der Waals surface area contributed by atoms with Crippen LogP contribution < -0.4 is 0 Å². The van der Waals surface area contributed by atoms with Gasteiger partial charge in [-0.15, -0.1) is 0 Å². The molecule has 60 heavy (non-hydrogen) atoms. The van der Waals surface area contributed by atoms with Crippen molar-refractivity contribution in [3.63, 3.8) is 0 Å². The number of fused-ring (bicyclic) bond motifs is 3. The first-order valence-electron chi connectivity index (χ1n) is 20.6. The lowest BCUT2D eigenvalue weighted by Crippen LogP contribution is -1.94.